The standard InChI is InChI=1S/C31H35N3O4/c1-32-21-27(25-9-5-6-10-28(25)32)26(22-17-23(36-2)19-24(18-22)37-3)20-31(35)34-15-13-33(14-16-34)29-11-7-8-12-30(29)38-4/h5-12,17-19,21,26H,13-16,20H2,1-4H3. The molecule has 1 unspecified atom stereocenters. The van der Waals surface area contributed by atoms with Gasteiger partial charge in [-0.2, -0.15) is 0 Å². The Balaban J connectivity index is 1.43. The first-order chi connectivity index (χ1) is 18.5. The SMILES string of the molecule is COc1cc(OC)cc(C(CC(=O)N2CCN(c3ccccc3OC)CC2)c2cn(C)c3ccccc23)c1. The number of benzene rings is 3. The molecule has 0 radical (unpaired) electrons. The molecule has 0 spiro atoms. The van der Waals surface area contributed by atoms with E-state index in [1.54, 1.807) is 21.3 Å². The maximum absolute atomic E-state index is 13.8. The van der Waals surface area contributed by atoms with Gasteiger partial charge in [-0.15, -0.1) is 0 Å². The Morgan fingerprint density at radius 1 is 0.842 bits per heavy atom. The summed E-state index contributed by atoms with van der Waals surface area (Å²) in [6.07, 6.45) is 2.51. The first kappa shape index (κ1) is 25.5. The molecule has 38 heavy (non-hydrogen) atoms. The minimum atomic E-state index is -0.148. The number of ether oxygens (including phenoxy) is 3. The number of amides is 1. The van der Waals surface area contributed by atoms with Crippen LogP contribution in [0.3, 0.4) is 0 Å². The molecule has 0 aliphatic carbocycles. The molecule has 0 saturated carbocycles. The summed E-state index contributed by atoms with van der Waals surface area (Å²) >= 11 is 0. The number of aryl methyl sites for hydroxylation is 1. The van der Waals surface area contributed by atoms with E-state index in [0.717, 1.165) is 46.6 Å². The van der Waals surface area contributed by atoms with Gasteiger partial charge in [0.2, 0.25) is 5.91 Å². The van der Waals surface area contributed by atoms with Crippen LogP contribution >= 0.6 is 0 Å². The lowest BCUT2D eigenvalue weighted by molar-refractivity contribution is -0.131. The van der Waals surface area contributed by atoms with Crippen LogP contribution in [0, 0.1) is 0 Å². The number of fused-ring (bicyclic) bond motifs is 1. The Morgan fingerprint density at radius 2 is 1.50 bits per heavy atom. The van der Waals surface area contributed by atoms with E-state index in [1.807, 2.05) is 60.5 Å². The number of nitrogens with zero attached hydrogens (tertiary/aromatic N) is 3. The van der Waals surface area contributed by atoms with Gasteiger partial charge in [0.25, 0.3) is 0 Å². The number of hydrogen-bond acceptors (Lipinski definition) is 5. The topological polar surface area (TPSA) is 56.2 Å². The van der Waals surface area contributed by atoms with Crippen LogP contribution in [-0.4, -0.2) is 62.9 Å². The lowest BCUT2D eigenvalue weighted by atomic mass is 9.87. The molecular weight excluding hydrogens is 478 g/mol. The van der Waals surface area contributed by atoms with Gasteiger partial charge in [0.05, 0.1) is 27.0 Å². The highest BCUT2D eigenvalue weighted by Gasteiger charge is 2.28. The van der Waals surface area contributed by atoms with E-state index in [4.69, 9.17) is 14.2 Å². The quantitative estimate of drug-likeness (QED) is 0.329. The van der Waals surface area contributed by atoms with Gasteiger partial charge in [-0.25, -0.2) is 0 Å². The molecule has 1 amide bonds. The number of anilines is 1. The minimum absolute atomic E-state index is 0.143. The molecule has 5 rings (SSSR count). The minimum Gasteiger partial charge on any atom is -0.497 e. The largest absolute Gasteiger partial charge is 0.497 e. The maximum Gasteiger partial charge on any atom is 0.223 e. The molecule has 1 saturated heterocycles. The van der Waals surface area contributed by atoms with Crippen molar-refractivity contribution in [2.45, 2.75) is 12.3 Å². The Kier molecular flexibility index (Phi) is 7.45. The van der Waals surface area contributed by atoms with Crippen molar-refractivity contribution < 1.29 is 19.0 Å². The van der Waals surface area contributed by atoms with Crippen LogP contribution in [-0.2, 0) is 11.8 Å². The average molecular weight is 514 g/mol. The first-order valence-corrected chi connectivity index (χ1v) is 12.9. The second kappa shape index (κ2) is 11.1. The highest BCUT2D eigenvalue weighted by molar-refractivity contribution is 5.87. The van der Waals surface area contributed by atoms with Crippen LogP contribution in [0.2, 0.25) is 0 Å². The van der Waals surface area contributed by atoms with Gasteiger partial charge in [-0.3, -0.25) is 4.79 Å². The molecule has 2 heterocycles. The highest BCUT2D eigenvalue weighted by atomic mass is 16.5. The summed E-state index contributed by atoms with van der Waals surface area (Å²) in [5.74, 6) is 2.27. The summed E-state index contributed by atoms with van der Waals surface area (Å²) in [5.41, 5.74) is 4.33. The fourth-order valence-corrected chi connectivity index (χ4v) is 5.48. The molecule has 7 heteroatoms. The molecule has 1 aliphatic rings. The summed E-state index contributed by atoms with van der Waals surface area (Å²) in [6.45, 7) is 2.86. The number of para-hydroxylation sites is 3. The molecule has 7 nitrogen and oxygen atoms in total. The molecule has 1 aliphatic heterocycles. The summed E-state index contributed by atoms with van der Waals surface area (Å²) in [4.78, 5) is 18.1. The predicted molar refractivity (Wildman–Crippen MR) is 151 cm³/mol. The average Bonchev–Trinajstić information content (AvgIpc) is 3.31. The van der Waals surface area contributed by atoms with Crippen molar-refractivity contribution in [3.63, 3.8) is 0 Å². The van der Waals surface area contributed by atoms with E-state index in [0.29, 0.717) is 31.0 Å². The molecule has 1 fully saturated rings. The number of aromatic nitrogens is 1. The fourth-order valence-electron chi connectivity index (χ4n) is 5.48. The van der Waals surface area contributed by atoms with Crippen LogP contribution in [0.4, 0.5) is 5.69 Å². The van der Waals surface area contributed by atoms with Gasteiger partial charge in [0.1, 0.15) is 17.2 Å². The summed E-state index contributed by atoms with van der Waals surface area (Å²) in [7, 11) is 7.04. The smallest absolute Gasteiger partial charge is 0.223 e. The van der Waals surface area contributed by atoms with Crippen molar-refractivity contribution in [1.82, 2.24) is 9.47 Å². The number of hydrogen-bond donors (Lipinski definition) is 0. The lowest BCUT2D eigenvalue weighted by Crippen LogP contribution is -2.49. The fraction of sp³-hybridized carbons (Fsp3) is 0.323. The monoisotopic (exact) mass is 513 g/mol. The van der Waals surface area contributed by atoms with Crippen molar-refractivity contribution >= 4 is 22.5 Å². The van der Waals surface area contributed by atoms with E-state index < -0.39 is 0 Å². The first-order valence-electron chi connectivity index (χ1n) is 12.9. The number of piperazine rings is 1. The van der Waals surface area contributed by atoms with Crippen molar-refractivity contribution in [3.8, 4) is 17.2 Å². The highest BCUT2D eigenvalue weighted by Crippen LogP contribution is 2.38. The molecular formula is C31H35N3O4. The van der Waals surface area contributed by atoms with Crippen molar-refractivity contribution in [1.29, 1.82) is 0 Å². The Morgan fingerprint density at radius 3 is 2.18 bits per heavy atom. The van der Waals surface area contributed by atoms with E-state index >= 15 is 0 Å². The predicted octanol–water partition coefficient (Wildman–Crippen LogP) is 5.07. The Labute approximate surface area is 224 Å². The summed E-state index contributed by atoms with van der Waals surface area (Å²) in [6, 6.07) is 22.3. The van der Waals surface area contributed by atoms with Gasteiger partial charge in [0, 0.05) is 68.7 Å². The summed E-state index contributed by atoms with van der Waals surface area (Å²) < 4.78 is 18.8. The third-order valence-corrected chi connectivity index (χ3v) is 7.52. The van der Waals surface area contributed by atoms with Gasteiger partial charge in [0.15, 0.2) is 0 Å². The molecule has 0 bridgehead atoms. The lowest BCUT2D eigenvalue weighted by Gasteiger charge is -2.37. The normalized spacial score (nSPS) is 14.4. The molecule has 4 aromatic rings. The number of carbonyl (C=O) groups excluding carboxylic acids is 1. The third kappa shape index (κ3) is 5.01. The molecule has 0 N–H and O–H groups in total. The van der Waals surface area contributed by atoms with Crippen LogP contribution in [0.25, 0.3) is 10.9 Å². The second-order valence-electron chi connectivity index (χ2n) is 9.65. The molecule has 1 aromatic heterocycles. The Bertz CT molecular complexity index is 1400. The van der Waals surface area contributed by atoms with Gasteiger partial charge >= 0.3 is 0 Å². The van der Waals surface area contributed by atoms with Crippen LogP contribution < -0.4 is 19.1 Å². The van der Waals surface area contributed by atoms with E-state index in [1.165, 1.54) is 0 Å². The van der Waals surface area contributed by atoms with Crippen molar-refractivity contribution in [2.75, 3.05) is 52.4 Å². The zero-order valence-electron chi connectivity index (χ0n) is 22.5. The number of rotatable bonds is 8. The Hall–Kier alpha value is -4.13. The van der Waals surface area contributed by atoms with Crippen LogP contribution in [0.1, 0.15) is 23.5 Å². The third-order valence-electron chi connectivity index (χ3n) is 7.52. The summed E-state index contributed by atoms with van der Waals surface area (Å²) in [5, 5.41) is 1.15. The molecule has 3 aromatic carbocycles. The molecule has 1 atom stereocenters. The van der Waals surface area contributed by atoms with Gasteiger partial charge in [-0.05, 0) is 41.5 Å². The van der Waals surface area contributed by atoms with Crippen LogP contribution in [0.15, 0.2) is 72.9 Å². The zero-order valence-corrected chi connectivity index (χ0v) is 22.5. The van der Waals surface area contributed by atoms with E-state index in [9.17, 15) is 4.79 Å². The zero-order chi connectivity index (χ0) is 26.6. The number of methoxy groups -OCH3 is 3. The second-order valence-corrected chi connectivity index (χ2v) is 9.65. The van der Waals surface area contributed by atoms with Crippen LogP contribution in [0.5, 0.6) is 17.2 Å². The molecule has 198 valence electrons. The van der Waals surface area contributed by atoms with Gasteiger partial charge < -0.3 is 28.6 Å². The number of carbonyl (C=O) groups is 1. The van der Waals surface area contributed by atoms with Crippen molar-refractivity contribution in [3.05, 3.63) is 84.1 Å². The van der Waals surface area contributed by atoms with E-state index in [2.05, 4.69) is 33.9 Å². The maximum atomic E-state index is 13.8. The van der Waals surface area contributed by atoms with E-state index in [-0.39, 0.29) is 11.8 Å². The van der Waals surface area contributed by atoms with Crippen molar-refractivity contribution in [2.24, 2.45) is 7.05 Å². The van der Waals surface area contributed by atoms with Gasteiger partial charge in [-0.1, -0.05) is 30.3 Å².